The van der Waals surface area contributed by atoms with Crippen LogP contribution in [-0.4, -0.2) is 9.97 Å². The molecule has 3 heteroatoms. The lowest BCUT2D eigenvalue weighted by Crippen LogP contribution is -2.02. The van der Waals surface area contributed by atoms with Gasteiger partial charge in [0.15, 0.2) is 5.43 Å². The van der Waals surface area contributed by atoms with Gasteiger partial charge >= 0.3 is 0 Å². The Hall–Kier alpha value is -2.29. The SMILES string of the molecule is O=c1cc(-c2cc[nH]c2)[nH]c2ccccc12. The Morgan fingerprint density at radius 1 is 1.06 bits per heavy atom. The van der Waals surface area contributed by atoms with E-state index >= 15 is 0 Å². The number of benzene rings is 1. The van der Waals surface area contributed by atoms with Crippen LogP contribution in [0.1, 0.15) is 0 Å². The zero-order valence-electron chi connectivity index (χ0n) is 8.53. The molecule has 2 heterocycles. The van der Waals surface area contributed by atoms with Gasteiger partial charge in [-0.15, -0.1) is 0 Å². The quantitative estimate of drug-likeness (QED) is 0.637. The summed E-state index contributed by atoms with van der Waals surface area (Å²) in [5.74, 6) is 0. The summed E-state index contributed by atoms with van der Waals surface area (Å²) in [6.45, 7) is 0. The first-order valence-electron chi connectivity index (χ1n) is 5.10. The maximum atomic E-state index is 11.9. The number of para-hydroxylation sites is 1. The summed E-state index contributed by atoms with van der Waals surface area (Å²) in [7, 11) is 0. The maximum absolute atomic E-state index is 11.9. The minimum Gasteiger partial charge on any atom is -0.367 e. The highest BCUT2D eigenvalue weighted by Crippen LogP contribution is 2.17. The van der Waals surface area contributed by atoms with Gasteiger partial charge in [0, 0.05) is 34.9 Å². The van der Waals surface area contributed by atoms with E-state index in [0.29, 0.717) is 0 Å². The van der Waals surface area contributed by atoms with E-state index in [0.717, 1.165) is 22.2 Å². The van der Waals surface area contributed by atoms with Crippen LogP contribution in [0.2, 0.25) is 0 Å². The first kappa shape index (κ1) is 8.97. The highest BCUT2D eigenvalue weighted by Gasteiger charge is 2.03. The van der Waals surface area contributed by atoms with Crippen LogP contribution in [0.3, 0.4) is 0 Å². The highest BCUT2D eigenvalue weighted by atomic mass is 16.1. The molecule has 3 nitrogen and oxygen atoms in total. The summed E-state index contributed by atoms with van der Waals surface area (Å²) in [6.07, 6.45) is 3.70. The third-order valence-corrected chi connectivity index (χ3v) is 2.65. The molecule has 3 aromatic rings. The predicted octanol–water partition coefficient (Wildman–Crippen LogP) is 2.52. The van der Waals surface area contributed by atoms with Crippen molar-refractivity contribution < 1.29 is 0 Å². The van der Waals surface area contributed by atoms with E-state index in [2.05, 4.69) is 9.97 Å². The molecule has 0 aliphatic heterocycles. The van der Waals surface area contributed by atoms with E-state index < -0.39 is 0 Å². The smallest absolute Gasteiger partial charge is 0.190 e. The summed E-state index contributed by atoms with van der Waals surface area (Å²) in [4.78, 5) is 18.1. The topological polar surface area (TPSA) is 48.6 Å². The molecular weight excluding hydrogens is 200 g/mol. The molecule has 0 saturated heterocycles. The molecule has 0 saturated carbocycles. The molecule has 78 valence electrons. The fraction of sp³-hybridized carbons (Fsp3) is 0. The monoisotopic (exact) mass is 210 g/mol. The van der Waals surface area contributed by atoms with E-state index in [9.17, 15) is 4.79 Å². The van der Waals surface area contributed by atoms with Gasteiger partial charge in [0.1, 0.15) is 0 Å². The standard InChI is InChI=1S/C13H10N2O/c16-13-7-12(9-5-6-14-8-9)15-11-4-2-1-3-10(11)13/h1-8,14H,(H,15,16). The van der Waals surface area contributed by atoms with E-state index in [1.807, 2.05) is 42.7 Å². The van der Waals surface area contributed by atoms with Gasteiger partial charge < -0.3 is 9.97 Å². The Bertz CT molecular complexity index is 680. The third-order valence-electron chi connectivity index (χ3n) is 2.65. The van der Waals surface area contributed by atoms with E-state index in [1.54, 1.807) is 6.07 Å². The van der Waals surface area contributed by atoms with Crippen LogP contribution in [0, 0.1) is 0 Å². The molecule has 0 amide bonds. The molecule has 1 aromatic carbocycles. The van der Waals surface area contributed by atoms with Gasteiger partial charge in [-0.05, 0) is 18.2 Å². The van der Waals surface area contributed by atoms with Crippen LogP contribution in [0.25, 0.3) is 22.2 Å². The Kier molecular flexibility index (Phi) is 1.90. The maximum Gasteiger partial charge on any atom is 0.190 e. The Labute approximate surface area is 91.8 Å². The van der Waals surface area contributed by atoms with Crippen molar-refractivity contribution in [2.45, 2.75) is 0 Å². The molecule has 0 spiro atoms. The van der Waals surface area contributed by atoms with Crippen molar-refractivity contribution in [3.05, 3.63) is 59.0 Å². The summed E-state index contributed by atoms with van der Waals surface area (Å²) in [5.41, 5.74) is 2.74. The second-order valence-electron chi connectivity index (χ2n) is 3.69. The molecule has 0 aliphatic carbocycles. The largest absolute Gasteiger partial charge is 0.367 e. The van der Waals surface area contributed by atoms with Crippen molar-refractivity contribution in [1.29, 1.82) is 0 Å². The number of H-pyrrole nitrogens is 2. The molecular formula is C13H10N2O. The lowest BCUT2D eigenvalue weighted by molar-refractivity contribution is 1.37. The number of hydrogen-bond acceptors (Lipinski definition) is 1. The normalized spacial score (nSPS) is 10.8. The molecule has 0 atom stereocenters. The number of nitrogens with one attached hydrogen (secondary N) is 2. The van der Waals surface area contributed by atoms with Crippen molar-refractivity contribution in [3.63, 3.8) is 0 Å². The first-order valence-corrected chi connectivity index (χ1v) is 5.10. The number of aromatic nitrogens is 2. The molecule has 3 rings (SSSR count). The molecule has 0 unspecified atom stereocenters. The van der Waals surface area contributed by atoms with Gasteiger partial charge in [-0.3, -0.25) is 4.79 Å². The minimum absolute atomic E-state index is 0.0468. The Balaban J connectivity index is 2.34. The Morgan fingerprint density at radius 3 is 2.75 bits per heavy atom. The van der Waals surface area contributed by atoms with Crippen molar-refractivity contribution in [3.8, 4) is 11.3 Å². The Morgan fingerprint density at radius 2 is 1.94 bits per heavy atom. The predicted molar refractivity (Wildman–Crippen MR) is 64.4 cm³/mol. The van der Waals surface area contributed by atoms with E-state index in [4.69, 9.17) is 0 Å². The minimum atomic E-state index is 0.0468. The van der Waals surface area contributed by atoms with Crippen LogP contribution in [0.4, 0.5) is 0 Å². The van der Waals surface area contributed by atoms with Gasteiger partial charge in [0.05, 0.1) is 5.69 Å². The van der Waals surface area contributed by atoms with Gasteiger partial charge in [-0.2, -0.15) is 0 Å². The van der Waals surface area contributed by atoms with Crippen molar-refractivity contribution in [1.82, 2.24) is 9.97 Å². The number of rotatable bonds is 1. The molecule has 0 radical (unpaired) electrons. The van der Waals surface area contributed by atoms with Crippen LogP contribution in [-0.2, 0) is 0 Å². The second kappa shape index (κ2) is 3.38. The average molecular weight is 210 g/mol. The van der Waals surface area contributed by atoms with Crippen LogP contribution in [0.15, 0.2) is 53.6 Å². The lowest BCUT2D eigenvalue weighted by Gasteiger charge is -2.01. The fourth-order valence-corrected chi connectivity index (χ4v) is 1.84. The second-order valence-corrected chi connectivity index (χ2v) is 3.69. The molecule has 2 aromatic heterocycles. The zero-order valence-corrected chi connectivity index (χ0v) is 8.53. The summed E-state index contributed by atoms with van der Waals surface area (Å²) in [6, 6.07) is 11.1. The molecule has 0 aliphatic rings. The number of fused-ring (bicyclic) bond motifs is 1. The van der Waals surface area contributed by atoms with Crippen molar-refractivity contribution in [2.75, 3.05) is 0 Å². The van der Waals surface area contributed by atoms with Crippen molar-refractivity contribution in [2.24, 2.45) is 0 Å². The third kappa shape index (κ3) is 1.34. The summed E-state index contributed by atoms with van der Waals surface area (Å²) in [5, 5.41) is 0.724. The van der Waals surface area contributed by atoms with Crippen LogP contribution >= 0.6 is 0 Å². The average Bonchev–Trinajstić information content (AvgIpc) is 2.82. The highest BCUT2D eigenvalue weighted by molar-refractivity contribution is 5.81. The lowest BCUT2D eigenvalue weighted by atomic mass is 10.1. The van der Waals surface area contributed by atoms with Crippen LogP contribution < -0.4 is 5.43 Å². The van der Waals surface area contributed by atoms with Gasteiger partial charge in [-0.25, -0.2) is 0 Å². The number of hydrogen-bond donors (Lipinski definition) is 2. The molecule has 2 N–H and O–H groups in total. The molecule has 0 fully saturated rings. The molecule has 0 bridgehead atoms. The van der Waals surface area contributed by atoms with E-state index in [-0.39, 0.29) is 5.43 Å². The first-order chi connectivity index (χ1) is 7.84. The summed E-state index contributed by atoms with van der Waals surface area (Å²) < 4.78 is 0. The van der Waals surface area contributed by atoms with Gasteiger partial charge in [-0.1, -0.05) is 12.1 Å². The number of pyridine rings is 1. The van der Waals surface area contributed by atoms with Crippen molar-refractivity contribution >= 4 is 10.9 Å². The van der Waals surface area contributed by atoms with Crippen LogP contribution in [0.5, 0.6) is 0 Å². The van der Waals surface area contributed by atoms with Gasteiger partial charge in [0.2, 0.25) is 0 Å². The zero-order chi connectivity index (χ0) is 11.0. The van der Waals surface area contributed by atoms with E-state index in [1.165, 1.54) is 0 Å². The molecule has 16 heavy (non-hydrogen) atoms. The number of aromatic amines is 2. The fourth-order valence-electron chi connectivity index (χ4n) is 1.84. The summed E-state index contributed by atoms with van der Waals surface area (Å²) >= 11 is 0. The van der Waals surface area contributed by atoms with Gasteiger partial charge in [0.25, 0.3) is 0 Å².